The zero-order valence-electron chi connectivity index (χ0n) is 20.1. The molecule has 0 amide bonds. The quantitative estimate of drug-likeness (QED) is 0.217. The number of aliphatic carboxylic acids is 1. The van der Waals surface area contributed by atoms with Gasteiger partial charge in [0.2, 0.25) is 0 Å². The Morgan fingerprint density at radius 1 is 0.872 bits per heavy atom. The smallest absolute Gasteiger partial charge is 0.325 e. The van der Waals surface area contributed by atoms with E-state index in [1.165, 1.54) is 0 Å². The van der Waals surface area contributed by atoms with Crippen LogP contribution in [0.1, 0.15) is 33.1 Å². The van der Waals surface area contributed by atoms with E-state index in [4.69, 9.17) is 5.73 Å². The first-order valence-electron chi connectivity index (χ1n) is 11.6. The Balaban J connectivity index is 1.61. The first-order chi connectivity index (χ1) is 18.6. The van der Waals surface area contributed by atoms with Gasteiger partial charge in [0.15, 0.2) is 17.4 Å². The number of nitrogens with zero attached hydrogens (tertiary/aromatic N) is 1. The summed E-state index contributed by atoms with van der Waals surface area (Å²) < 4.78 is 58.1. The van der Waals surface area contributed by atoms with Crippen LogP contribution in [0.25, 0.3) is 5.69 Å². The Hall–Kier alpha value is -4.77. The molecule has 200 valence electrons. The fraction of sp³-hybridized carbons (Fsp3) is 0.107. The Bertz CT molecular complexity index is 1600. The number of carbonyl (C=O) groups is 2. The van der Waals surface area contributed by atoms with Gasteiger partial charge in [-0.25, -0.2) is 17.6 Å². The third-order valence-electron chi connectivity index (χ3n) is 5.99. The number of nitrogens with two attached hydrogens (primary N) is 1. The molecule has 0 unspecified atom stereocenters. The van der Waals surface area contributed by atoms with E-state index < -0.39 is 69.3 Å². The number of nitrogens with one attached hydrogen (secondary N) is 1. The number of carbonyl (C=O) groups excluding carboxylic acids is 1. The van der Waals surface area contributed by atoms with Crippen molar-refractivity contribution < 1.29 is 32.3 Å². The summed E-state index contributed by atoms with van der Waals surface area (Å²) in [5.74, 6) is -7.23. The summed E-state index contributed by atoms with van der Waals surface area (Å²) in [6, 6.07) is 13.3. The molecule has 0 spiro atoms. The summed E-state index contributed by atoms with van der Waals surface area (Å²) in [6.45, 7) is 0.0550. The summed E-state index contributed by atoms with van der Waals surface area (Å²) in [6.07, 6.45) is 0.0392. The molecule has 3 aromatic carbocycles. The van der Waals surface area contributed by atoms with Gasteiger partial charge in [0.1, 0.15) is 29.2 Å². The van der Waals surface area contributed by atoms with Gasteiger partial charge < -0.3 is 16.2 Å². The van der Waals surface area contributed by atoms with Gasteiger partial charge in [-0.05, 0) is 47.9 Å². The maximum absolute atomic E-state index is 15.1. The third-order valence-corrected chi connectivity index (χ3v) is 5.99. The minimum Gasteiger partial charge on any atom is -0.480 e. The molecule has 1 heterocycles. The van der Waals surface area contributed by atoms with Crippen LogP contribution in [0.2, 0.25) is 0 Å². The van der Waals surface area contributed by atoms with Gasteiger partial charge >= 0.3 is 5.97 Å². The number of halogens is 4. The number of carboxylic acid groups (broad SMARTS) is 1. The highest BCUT2D eigenvalue weighted by Crippen LogP contribution is 2.25. The van der Waals surface area contributed by atoms with Crippen molar-refractivity contribution in [3.05, 3.63) is 129 Å². The van der Waals surface area contributed by atoms with Crippen molar-refractivity contribution in [3.8, 4) is 5.69 Å². The number of carboxylic acids is 1. The second kappa shape index (κ2) is 11.3. The van der Waals surface area contributed by atoms with Crippen molar-refractivity contribution in [1.29, 1.82) is 0 Å². The molecule has 0 aliphatic rings. The Morgan fingerprint density at radius 3 is 2.13 bits per heavy atom. The van der Waals surface area contributed by atoms with Gasteiger partial charge in [0.25, 0.3) is 5.56 Å². The number of nitrogen functional groups attached to an aromatic ring is 1. The fourth-order valence-corrected chi connectivity index (χ4v) is 4.13. The summed E-state index contributed by atoms with van der Waals surface area (Å²) in [5.41, 5.74) is 3.84. The zero-order chi connectivity index (χ0) is 28.3. The number of pyridine rings is 1. The van der Waals surface area contributed by atoms with E-state index >= 15 is 8.78 Å². The summed E-state index contributed by atoms with van der Waals surface area (Å²) in [7, 11) is 0. The minimum atomic E-state index is -1.18. The predicted molar refractivity (Wildman–Crippen MR) is 135 cm³/mol. The van der Waals surface area contributed by atoms with Crippen LogP contribution in [-0.4, -0.2) is 28.0 Å². The number of anilines is 1. The van der Waals surface area contributed by atoms with E-state index in [9.17, 15) is 28.3 Å². The number of rotatable bonds is 9. The number of benzene rings is 3. The predicted octanol–water partition coefficient (Wildman–Crippen LogP) is 4.17. The lowest BCUT2D eigenvalue weighted by Gasteiger charge is -2.17. The fourth-order valence-electron chi connectivity index (χ4n) is 4.13. The van der Waals surface area contributed by atoms with E-state index in [0.29, 0.717) is 16.2 Å². The summed E-state index contributed by atoms with van der Waals surface area (Å²) in [5, 5.41) is 12.3. The van der Waals surface area contributed by atoms with E-state index in [1.54, 1.807) is 30.3 Å². The van der Waals surface area contributed by atoms with Gasteiger partial charge in [-0.2, -0.15) is 0 Å². The molecular weight excluding hydrogens is 518 g/mol. The molecule has 0 radical (unpaired) electrons. The molecule has 4 aromatic rings. The van der Waals surface area contributed by atoms with Crippen LogP contribution in [0.15, 0.2) is 77.6 Å². The molecule has 1 atom stereocenters. The Morgan fingerprint density at radius 2 is 1.51 bits per heavy atom. The normalized spacial score (nSPS) is 11.8. The maximum atomic E-state index is 15.1. The van der Waals surface area contributed by atoms with E-state index in [0.717, 1.165) is 36.4 Å². The average Bonchev–Trinajstić information content (AvgIpc) is 2.88. The molecule has 0 aliphatic heterocycles. The monoisotopic (exact) mass is 539 g/mol. The van der Waals surface area contributed by atoms with Crippen LogP contribution in [0.4, 0.5) is 23.4 Å². The molecule has 7 nitrogen and oxygen atoms in total. The highest BCUT2D eigenvalue weighted by atomic mass is 19.1. The molecule has 0 bridgehead atoms. The molecule has 0 fully saturated rings. The lowest BCUT2D eigenvalue weighted by Crippen LogP contribution is -2.30. The lowest BCUT2D eigenvalue weighted by atomic mass is 10.0. The second-order valence-electron chi connectivity index (χ2n) is 8.55. The number of aromatic nitrogens is 1. The topological polar surface area (TPSA) is 114 Å². The van der Waals surface area contributed by atoms with Crippen molar-refractivity contribution in [2.45, 2.75) is 12.5 Å². The summed E-state index contributed by atoms with van der Waals surface area (Å²) in [4.78, 5) is 37.0. The molecule has 11 heteroatoms. The SMILES string of the molecule is Nc1c(C(=O)c2ccc(F)cc2F)ccc(=O)n1-c1c(F)cc(CCN[C@H](C(=O)O)c2ccccc2)cc1F. The minimum absolute atomic E-state index is 0.0392. The molecule has 0 saturated heterocycles. The van der Waals surface area contributed by atoms with Crippen LogP contribution in [0, 0.1) is 23.3 Å². The van der Waals surface area contributed by atoms with Gasteiger partial charge in [0.05, 0.1) is 11.1 Å². The highest BCUT2D eigenvalue weighted by molar-refractivity contribution is 6.11. The number of ketones is 1. The maximum Gasteiger partial charge on any atom is 0.325 e. The van der Waals surface area contributed by atoms with Crippen molar-refractivity contribution in [3.63, 3.8) is 0 Å². The van der Waals surface area contributed by atoms with Crippen molar-refractivity contribution in [1.82, 2.24) is 9.88 Å². The van der Waals surface area contributed by atoms with Crippen molar-refractivity contribution in [2.75, 3.05) is 12.3 Å². The molecule has 0 aliphatic carbocycles. The van der Waals surface area contributed by atoms with Crippen LogP contribution in [0.3, 0.4) is 0 Å². The molecule has 4 rings (SSSR count). The van der Waals surface area contributed by atoms with Crippen LogP contribution >= 0.6 is 0 Å². The van der Waals surface area contributed by atoms with Crippen molar-refractivity contribution >= 4 is 17.6 Å². The van der Waals surface area contributed by atoms with Gasteiger partial charge in [-0.3, -0.25) is 19.0 Å². The van der Waals surface area contributed by atoms with E-state index in [1.807, 2.05) is 0 Å². The van der Waals surface area contributed by atoms with Crippen LogP contribution in [0.5, 0.6) is 0 Å². The van der Waals surface area contributed by atoms with Gasteiger partial charge in [0, 0.05) is 18.7 Å². The number of hydrogen-bond donors (Lipinski definition) is 3. The highest BCUT2D eigenvalue weighted by Gasteiger charge is 2.24. The second-order valence-corrected chi connectivity index (χ2v) is 8.55. The zero-order valence-corrected chi connectivity index (χ0v) is 20.1. The average molecular weight is 539 g/mol. The first kappa shape index (κ1) is 27.3. The lowest BCUT2D eigenvalue weighted by molar-refractivity contribution is -0.139. The molecule has 39 heavy (non-hydrogen) atoms. The third kappa shape index (κ3) is 5.73. The van der Waals surface area contributed by atoms with E-state index in [-0.39, 0.29) is 18.5 Å². The van der Waals surface area contributed by atoms with E-state index in [2.05, 4.69) is 5.32 Å². The first-order valence-corrected chi connectivity index (χ1v) is 11.6. The number of hydrogen-bond acceptors (Lipinski definition) is 5. The largest absolute Gasteiger partial charge is 0.480 e. The van der Waals surface area contributed by atoms with Gasteiger partial charge in [-0.1, -0.05) is 30.3 Å². The molecular formula is C28H21F4N3O4. The van der Waals surface area contributed by atoms with Crippen LogP contribution in [-0.2, 0) is 11.2 Å². The Kier molecular flexibility index (Phi) is 7.91. The molecule has 1 aromatic heterocycles. The van der Waals surface area contributed by atoms with Gasteiger partial charge in [-0.15, -0.1) is 0 Å². The Labute approximate surface area is 219 Å². The van der Waals surface area contributed by atoms with Crippen LogP contribution < -0.4 is 16.6 Å². The molecule has 0 saturated carbocycles. The standard InChI is InChI=1S/C28H21F4N3O4/c29-17-6-7-18(20(30)14-17)26(37)19-8-9-23(36)35(27(19)33)25-21(31)12-15(13-22(25)32)10-11-34-24(28(38)39)16-4-2-1-3-5-16/h1-9,12-14,24,34H,10-11,33H2,(H,38,39)/t24-/m0/s1. The van der Waals surface area contributed by atoms with Crippen molar-refractivity contribution in [2.24, 2.45) is 0 Å². The summed E-state index contributed by atoms with van der Waals surface area (Å²) >= 11 is 0. The molecule has 4 N–H and O–H groups in total.